The van der Waals surface area contributed by atoms with E-state index in [0.29, 0.717) is 17.5 Å². The van der Waals surface area contributed by atoms with Crippen molar-refractivity contribution in [2.75, 3.05) is 0 Å². The first-order valence-electron chi connectivity index (χ1n) is 19.0. The first-order chi connectivity index (χ1) is 28.2. The minimum Gasteiger partial charge on any atom is -0.308 e. The van der Waals surface area contributed by atoms with Gasteiger partial charge in [0, 0.05) is 63.1 Å². The molecule has 4 nitrogen and oxygen atoms in total. The first kappa shape index (κ1) is 32.3. The first-order valence-corrected chi connectivity index (χ1v) is 20.7. The molecule has 0 radical (unpaired) electrons. The van der Waals surface area contributed by atoms with Gasteiger partial charge in [-0.05, 0) is 59.7 Å². The lowest BCUT2D eigenvalue weighted by atomic mass is 10.00. The van der Waals surface area contributed by atoms with Gasteiger partial charge in [0.1, 0.15) is 0 Å². The van der Waals surface area contributed by atoms with Crippen molar-refractivity contribution in [3.05, 3.63) is 182 Å². The van der Waals surface area contributed by atoms with Crippen LogP contribution in [0.25, 0.3) is 113 Å². The molecule has 0 fully saturated rings. The number of para-hydroxylation sites is 2. The molecule has 0 spiro atoms. The average molecular weight is 763 g/mol. The Morgan fingerprint density at radius 2 is 0.807 bits per heavy atom. The summed E-state index contributed by atoms with van der Waals surface area (Å²) in [7, 11) is 0. The van der Waals surface area contributed by atoms with E-state index in [2.05, 4.69) is 126 Å². The van der Waals surface area contributed by atoms with Crippen LogP contribution in [0.5, 0.6) is 0 Å². The fraction of sp³-hybridized carbons (Fsp3) is 0. The van der Waals surface area contributed by atoms with Gasteiger partial charge in [-0.1, -0.05) is 133 Å². The monoisotopic (exact) mass is 762 g/mol. The van der Waals surface area contributed by atoms with E-state index in [9.17, 15) is 0 Å². The maximum Gasteiger partial charge on any atom is 0.164 e. The molecular weight excluding hydrogens is 733 g/mol. The number of nitrogens with zero attached hydrogens (tertiary/aromatic N) is 4. The molecule has 266 valence electrons. The Hall–Kier alpha value is -6.99. The highest BCUT2D eigenvalue weighted by atomic mass is 32.1. The Labute approximate surface area is 335 Å². The highest BCUT2D eigenvalue weighted by Gasteiger charge is 2.19. The number of benzene rings is 8. The minimum atomic E-state index is 0.662. The lowest BCUT2D eigenvalue weighted by molar-refractivity contribution is 1.07. The molecule has 0 saturated carbocycles. The fourth-order valence-corrected chi connectivity index (χ4v) is 10.8. The van der Waals surface area contributed by atoms with Crippen molar-refractivity contribution in [2.24, 2.45) is 0 Å². The van der Waals surface area contributed by atoms with Gasteiger partial charge in [-0.3, -0.25) is 0 Å². The largest absolute Gasteiger partial charge is 0.308 e. The molecule has 0 N–H and O–H groups in total. The molecule has 0 aliphatic heterocycles. The predicted octanol–water partition coefficient (Wildman–Crippen LogP) is 14.4. The molecule has 8 aromatic carbocycles. The van der Waals surface area contributed by atoms with Crippen LogP contribution >= 0.6 is 22.7 Å². The van der Waals surface area contributed by atoms with Crippen LogP contribution in [-0.2, 0) is 0 Å². The van der Waals surface area contributed by atoms with Gasteiger partial charge in [0.25, 0.3) is 0 Å². The van der Waals surface area contributed by atoms with Crippen LogP contribution in [-0.4, -0.2) is 19.5 Å². The number of fused-ring (bicyclic) bond motifs is 9. The van der Waals surface area contributed by atoms with Crippen molar-refractivity contribution in [3.63, 3.8) is 0 Å². The molecule has 0 aliphatic carbocycles. The second-order valence-electron chi connectivity index (χ2n) is 14.4. The van der Waals surface area contributed by atoms with Crippen LogP contribution in [0.3, 0.4) is 0 Å². The summed E-state index contributed by atoms with van der Waals surface area (Å²) in [6.45, 7) is 0. The van der Waals surface area contributed by atoms with Gasteiger partial charge >= 0.3 is 0 Å². The van der Waals surface area contributed by atoms with E-state index in [-0.39, 0.29) is 0 Å². The summed E-state index contributed by atoms with van der Waals surface area (Å²) in [5.41, 5.74) is 9.04. The van der Waals surface area contributed by atoms with Gasteiger partial charge in [-0.2, -0.15) is 0 Å². The van der Waals surface area contributed by atoms with Crippen molar-refractivity contribution in [1.29, 1.82) is 0 Å². The van der Waals surface area contributed by atoms with Gasteiger partial charge in [-0.15, -0.1) is 22.7 Å². The Bertz CT molecular complexity index is 3410. The van der Waals surface area contributed by atoms with Crippen molar-refractivity contribution in [1.82, 2.24) is 19.5 Å². The summed E-state index contributed by atoms with van der Waals surface area (Å²) in [6, 6.07) is 64.9. The van der Waals surface area contributed by atoms with Crippen LogP contribution < -0.4 is 0 Å². The van der Waals surface area contributed by atoms with Crippen molar-refractivity contribution in [2.45, 2.75) is 0 Å². The van der Waals surface area contributed by atoms with Gasteiger partial charge in [-0.25, -0.2) is 15.0 Å². The molecule has 6 heteroatoms. The molecule has 4 heterocycles. The number of rotatable bonds is 5. The zero-order chi connectivity index (χ0) is 37.5. The fourth-order valence-electron chi connectivity index (χ4n) is 8.41. The Morgan fingerprint density at radius 3 is 1.44 bits per heavy atom. The van der Waals surface area contributed by atoms with Gasteiger partial charge in [0.2, 0.25) is 0 Å². The topological polar surface area (TPSA) is 43.6 Å². The van der Waals surface area contributed by atoms with Crippen LogP contribution in [0.15, 0.2) is 182 Å². The summed E-state index contributed by atoms with van der Waals surface area (Å²) >= 11 is 3.73. The van der Waals surface area contributed by atoms with E-state index >= 15 is 0 Å². The Balaban J connectivity index is 0.991. The zero-order valence-electron chi connectivity index (χ0n) is 30.4. The molecule has 0 atom stereocenters. The highest BCUT2D eigenvalue weighted by Crippen LogP contribution is 2.45. The zero-order valence-corrected chi connectivity index (χ0v) is 32.1. The van der Waals surface area contributed by atoms with Gasteiger partial charge in [0.15, 0.2) is 17.5 Å². The summed E-state index contributed by atoms with van der Waals surface area (Å²) < 4.78 is 7.54. The van der Waals surface area contributed by atoms with E-state index in [1.165, 1.54) is 79.0 Å². The predicted molar refractivity (Wildman–Crippen MR) is 242 cm³/mol. The lowest BCUT2D eigenvalue weighted by Gasteiger charge is -2.09. The summed E-state index contributed by atoms with van der Waals surface area (Å²) in [5.74, 6) is 1.99. The molecule has 0 bridgehead atoms. The molecule has 0 amide bonds. The quantitative estimate of drug-likeness (QED) is 0.175. The highest BCUT2D eigenvalue weighted by molar-refractivity contribution is 7.26. The summed E-state index contributed by atoms with van der Waals surface area (Å²) in [5, 5.41) is 7.56. The number of thiophene rings is 2. The van der Waals surface area contributed by atoms with Crippen molar-refractivity contribution >= 4 is 84.8 Å². The Kier molecular flexibility index (Phi) is 7.24. The van der Waals surface area contributed by atoms with Crippen LogP contribution in [0, 0.1) is 0 Å². The Morgan fingerprint density at radius 1 is 0.333 bits per heavy atom. The third kappa shape index (κ3) is 5.15. The molecule has 12 aromatic rings. The smallest absolute Gasteiger partial charge is 0.164 e. The maximum absolute atomic E-state index is 5.02. The second kappa shape index (κ2) is 12.8. The maximum atomic E-state index is 5.02. The third-order valence-electron chi connectivity index (χ3n) is 11.1. The molecule has 12 rings (SSSR count). The van der Waals surface area contributed by atoms with Crippen molar-refractivity contribution in [3.8, 4) is 51.0 Å². The SMILES string of the molecule is c1ccc(-c2nc(-c3ccccc3)nc(-c3ccc4sc5c(-c6ccc7sc8c(-n9c%10ccccc%10c%10ccccc%109)cccc8c7c6)cccc5c4c3)n2)cc1. The normalized spacial score (nSPS) is 11.9. The lowest BCUT2D eigenvalue weighted by Crippen LogP contribution is -2.00. The van der Waals surface area contributed by atoms with Crippen LogP contribution in [0.4, 0.5) is 0 Å². The van der Waals surface area contributed by atoms with Gasteiger partial charge in [0.05, 0.1) is 21.4 Å². The van der Waals surface area contributed by atoms with E-state index in [1.54, 1.807) is 0 Å². The summed E-state index contributed by atoms with van der Waals surface area (Å²) in [4.78, 5) is 14.9. The van der Waals surface area contributed by atoms with E-state index in [4.69, 9.17) is 15.0 Å². The van der Waals surface area contributed by atoms with Crippen LogP contribution in [0.2, 0.25) is 0 Å². The van der Waals surface area contributed by atoms with Crippen LogP contribution in [0.1, 0.15) is 0 Å². The molecule has 0 unspecified atom stereocenters. The van der Waals surface area contributed by atoms with E-state index in [0.717, 1.165) is 16.7 Å². The molecule has 0 aliphatic rings. The second-order valence-corrected chi connectivity index (χ2v) is 16.5. The molecule has 57 heavy (non-hydrogen) atoms. The van der Waals surface area contributed by atoms with E-state index < -0.39 is 0 Å². The van der Waals surface area contributed by atoms with Crippen molar-refractivity contribution < 1.29 is 0 Å². The molecule has 4 aromatic heterocycles. The number of aromatic nitrogens is 4. The summed E-state index contributed by atoms with van der Waals surface area (Å²) in [6.07, 6.45) is 0. The number of hydrogen-bond donors (Lipinski definition) is 0. The standard InChI is InChI=1S/C51H30N4S2/c1-3-13-31(14-4-1)49-52-50(32-15-5-2-6-16-32)54-51(53-49)34-26-28-45-41(30-34)38-20-11-19-35(47(38)56-45)33-25-27-46-40(29-33)39-21-12-24-44(48(39)57-46)55-42-22-9-7-17-36(42)37-18-8-10-23-43(37)55/h1-30H. The number of hydrogen-bond acceptors (Lipinski definition) is 5. The minimum absolute atomic E-state index is 0.662. The average Bonchev–Trinajstić information content (AvgIpc) is 3.96. The van der Waals surface area contributed by atoms with E-state index in [1.807, 2.05) is 83.3 Å². The molecular formula is C51H30N4S2. The van der Waals surface area contributed by atoms with Gasteiger partial charge < -0.3 is 4.57 Å². The molecule has 0 saturated heterocycles. The third-order valence-corrected chi connectivity index (χ3v) is 13.5.